The number of morpholine rings is 1. The monoisotopic (exact) mass is 715 g/mol. The second-order valence-corrected chi connectivity index (χ2v) is 20.9. The van der Waals surface area contributed by atoms with Crippen molar-refractivity contribution in [3.05, 3.63) is 0 Å². The van der Waals surface area contributed by atoms with E-state index in [1.54, 1.807) is 13.8 Å². The Bertz CT molecular complexity index is 1340. The summed E-state index contributed by atoms with van der Waals surface area (Å²) >= 11 is 0. The SMILES string of the molecule is C[C@@H]1CC(C(O)C(C)(C)O)OC2[C@H]1C1(C)CCC34CC35CCC(OC3CN(C(=O)CC6CCN(C)CC6)CCO3)C(C)(C)[C@@H]5CCC4[C@]1(C)[C@H]2O. The van der Waals surface area contributed by atoms with E-state index in [9.17, 15) is 20.1 Å². The zero-order valence-electron chi connectivity index (χ0n) is 33.0. The predicted molar refractivity (Wildman–Crippen MR) is 194 cm³/mol. The van der Waals surface area contributed by atoms with Gasteiger partial charge < -0.3 is 39.3 Å². The number of likely N-dealkylation sites (tertiary alicyclic amines) is 1. The van der Waals surface area contributed by atoms with Gasteiger partial charge in [0.25, 0.3) is 0 Å². The third kappa shape index (κ3) is 5.34. The molecule has 290 valence electrons. The number of amides is 1. The molecule has 1 amide bonds. The average Bonchev–Trinajstić information content (AvgIpc) is 3.71. The number of aliphatic hydroxyl groups excluding tert-OH is 2. The summed E-state index contributed by atoms with van der Waals surface area (Å²) in [5.41, 5.74) is -1.06. The van der Waals surface area contributed by atoms with Crippen LogP contribution in [0.4, 0.5) is 0 Å². The summed E-state index contributed by atoms with van der Waals surface area (Å²) in [5, 5.41) is 34.2. The number of hydrogen-bond acceptors (Lipinski definition) is 8. The molecule has 8 aliphatic rings. The molecule has 8 fully saturated rings. The first kappa shape index (κ1) is 37.1. The number of hydrogen-bond donors (Lipinski definition) is 3. The maximum Gasteiger partial charge on any atom is 0.223 e. The third-order valence-corrected chi connectivity index (χ3v) is 17.8. The van der Waals surface area contributed by atoms with E-state index in [-0.39, 0.29) is 57.4 Å². The molecule has 5 aliphatic carbocycles. The van der Waals surface area contributed by atoms with Crippen molar-refractivity contribution in [2.75, 3.05) is 39.8 Å². The zero-order chi connectivity index (χ0) is 36.5. The Morgan fingerprint density at radius 2 is 1.67 bits per heavy atom. The normalized spacial score (nSPS) is 50.3. The minimum atomic E-state index is -1.26. The molecule has 0 aromatic heterocycles. The molecule has 14 atom stereocenters. The van der Waals surface area contributed by atoms with Gasteiger partial charge in [0.15, 0.2) is 6.29 Å². The van der Waals surface area contributed by atoms with E-state index in [2.05, 4.69) is 46.6 Å². The van der Waals surface area contributed by atoms with Gasteiger partial charge in [0.2, 0.25) is 5.91 Å². The lowest BCUT2D eigenvalue weighted by Gasteiger charge is -2.64. The van der Waals surface area contributed by atoms with E-state index < -0.39 is 23.9 Å². The largest absolute Gasteiger partial charge is 0.390 e. The fourth-order valence-corrected chi connectivity index (χ4v) is 15.0. The van der Waals surface area contributed by atoms with Crippen LogP contribution in [0.25, 0.3) is 0 Å². The van der Waals surface area contributed by atoms with Crippen LogP contribution in [0.3, 0.4) is 0 Å². The molecular weight excluding hydrogens is 644 g/mol. The lowest BCUT2D eigenvalue weighted by atomic mass is 9.41. The number of ether oxygens (including phenoxy) is 3. The van der Waals surface area contributed by atoms with Crippen molar-refractivity contribution < 1.29 is 34.3 Å². The van der Waals surface area contributed by atoms with Crippen LogP contribution in [0.15, 0.2) is 0 Å². The van der Waals surface area contributed by atoms with Gasteiger partial charge in [0.05, 0.1) is 43.2 Å². The number of rotatable bonds is 6. The first-order chi connectivity index (χ1) is 23.9. The maximum atomic E-state index is 13.4. The summed E-state index contributed by atoms with van der Waals surface area (Å²) in [4.78, 5) is 17.7. The second kappa shape index (κ2) is 12.3. The first-order valence-electron chi connectivity index (χ1n) is 20.9. The number of carbonyl (C=O) groups excluding carboxylic acids is 1. The molecule has 0 aromatic rings. The number of nitrogens with zero attached hydrogens (tertiary/aromatic N) is 2. The summed E-state index contributed by atoms with van der Waals surface area (Å²) < 4.78 is 19.8. The van der Waals surface area contributed by atoms with Crippen molar-refractivity contribution in [2.24, 2.45) is 56.7 Å². The third-order valence-electron chi connectivity index (χ3n) is 17.8. The molecule has 3 aliphatic heterocycles. The van der Waals surface area contributed by atoms with Gasteiger partial charge in [-0.2, -0.15) is 0 Å². The van der Waals surface area contributed by atoms with E-state index in [1.807, 2.05) is 4.90 Å². The molecule has 8 rings (SSSR count). The molecule has 2 spiro atoms. The molecule has 0 radical (unpaired) electrons. The smallest absolute Gasteiger partial charge is 0.223 e. The summed E-state index contributed by atoms with van der Waals surface area (Å²) in [6.07, 6.45) is 8.94. The molecule has 3 heterocycles. The quantitative estimate of drug-likeness (QED) is 0.343. The molecule has 9 nitrogen and oxygen atoms in total. The average molecular weight is 715 g/mol. The molecule has 0 aromatic carbocycles. The van der Waals surface area contributed by atoms with Gasteiger partial charge in [0.1, 0.15) is 6.10 Å². The van der Waals surface area contributed by atoms with E-state index in [4.69, 9.17) is 14.2 Å². The molecule has 9 heteroatoms. The molecule has 3 N–H and O–H groups in total. The molecule has 51 heavy (non-hydrogen) atoms. The lowest BCUT2D eigenvalue weighted by Crippen LogP contribution is -2.60. The van der Waals surface area contributed by atoms with Gasteiger partial charge in [-0.3, -0.25) is 4.79 Å². The number of fused-ring (bicyclic) bond motifs is 4. The molecule has 0 bridgehead atoms. The van der Waals surface area contributed by atoms with Crippen molar-refractivity contribution in [1.82, 2.24) is 9.80 Å². The van der Waals surface area contributed by atoms with Crippen molar-refractivity contribution in [3.8, 4) is 0 Å². The van der Waals surface area contributed by atoms with Crippen LogP contribution in [0.2, 0.25) is 0 Å². The maximum absolute atomic E-state index is 13.4. The highest BCUT2D eigenvalue weighted by Crippen LogP contribution is 2.89. The second-order valence-electron chi connectivity index (χ2n) is 20.9. The highest BCUT2D eigenvalue weighted by Gasteiger charge is 2.84. The van der Waals surface area contributed by atoms with Crippen LogP contribution in [0, 0.1) is 56.7 Å². The first-order valence-corrected chi connectivity index (χ1v) is 20.9. The van der Waals surface area contributed by atoms with Crippen LogP contribution in [-0.4, -0.2) is 113 Å². The van der Waals surface area contributed by atoms with Gasteiger partial charge in [0, 0.05) is 18.4 Å². The fourth-order valence-electron chi connectivity index (χ4n) is 15.0. The Balaban J connectivity index is 0.963. The number of aliphatic hydroxyl groups is 3. The highest BCUT2D eigenvalue weighted by atomic mass is 16.7. The Morgan fingerprint density at radius 1 is 0.980 bits per heavy atom. The van der Waals surface area contributed by atoms with E-state index >= 15 is 0 Å². The van der Waals surface area contributed by atoms with Crippen LogP contribution >= 0.6 is 0 Å². The Hall–Kier alpha value is -0.810. The van der Waals surface area contributed by atoms with Gasteiger partial charge in [-0.1, -0.05) is 34.6 Å². The molecule has 5 saturated carbocycles. The predicted octanol–water partition coefficient (Wildman–Crippen LogP) is 5.23. The summed E-state index contributed by atoms with van der Waals surface area (Å²) in [6, 6.07) is 0. The molecule has 9 unspecified atom stereocenters. The summed E-state index contributed by atoms with van der Waals surface area (Å²) in [7, 11) is 2.17. The van der Waals surface area contributed by atoms with Gasteiger partial charge in [-0.25, -0.2) is 0 Å². The van der Waals surface area contributed by atoms with Crippen molar-refractivity contribution in [1.29, 1.82) is 0 Å². The van der Waals surface area contributed by atoms with Crippen molar-refractivity contribution in [2.45, 2.75) is 162 Å². The molecule has 3 saturated heterocycles. The summed E-state index contributed by atoms with van der Waals surface area (Å²) in [6.45, 7) is 19.2. The number of piperidine rings is 1. The van der Waals surface area contributed by atoms with Crippen molar-refractivity contribution >= 4 is 5.91 Å². The highest BCUT2D eigenvalue weighted by molar-refractivity contribution is 5.76. The minimum absolute atomic E-state index is 0.0154. The molecular formula is C42H70N2O7. The standard InChI is InChI=1S/C42H70N2O7/c1-25-21-27(35(46)38(4,5)48)50-34-33(25)39(6)15-16-42-24-41(42)14-11-30(37(2,3)28(41)9-10-29(42)40(39,7)36(34)47)51-32-23-44(19-20-49-32)31(45)22-26-12-17-43(8)18-13-26/h25-30,32-36,46-48H,9-24H2,1-8H3/t25-,27?,28+,29?,30?,32?,33+,34?,35?,36+,39?,40-,41?,42?/m1/s1. The van der Waals surface area contributed by atoms with Crippen molar-refractivity contribution in [3.63, 3.8) is 0 Å². The van der Waals surface area contributed by atoms with Crippen LogP contribution < -0.4 is 0 Å². The van der Waals surface area contributed by atoms with Crippen LogP contribution in [0.1, 0.15) is 119 Å². The minimum Gasteiger partial charge on any atom is -0.390 e. The van der Waals surface area contributed by atoms with Gasteiger partial charge in [-0.05, 0) is 149 Å². The van der Waals surface area contributed by atoms with Crippen LogP contribution in [-0.2, 0) is 19.0 Å². The Labute approximate surface area is 307 Å². The number of carbonyl (C=O) groups is 1. The van der Waals surface area contributed by atoms with E-state index in [0.29, 0.717) is 56.2 Å². The van der Waals surface area contributed by atoms with E-state index in [0.717, 1.165) is 58.0 Å². The van der Waals surface area contributed by atoms with Crippen LogP contribution in [0.5, 0.6) is 0 Å². The van der Waals surface area contributed by atoms with Gasteiger partial charge >= 0.3 is 0 Å². The van der Waals surface area contributed by atoms with Gasteiger partial charge in [-0.15, -0.1) is 0 Å². The Morgan fingerprint density at radius 3 is 2.37 bits per heavy atom. The zero-order valence-corrected chi connectivity index (χ0v) is 33.0. The summed E-state index contributed by atoms with van der Waals surface area (Å²) in [5.74, 6) is 2.27. The lowest BCUT2D eigenvalue weighted by molar-refractivity contribution is -0.248. The van der Waals surface area contributed by atoms with E-state index in [1.165, 1.54) is 12.8 Å². The fraction of sp³-hybridized carbons (Fsp3) is 0.976. The Kier molecular flexibility index (Phi) is 8.99. The topological polar surface area (TPSA) is 112 Å².